The molecule has 0 atom stereocenters. The highest BCUT2D eigenvalue weighted by molar-refractivity contribution is 6.38. The van der Waals surface area contributed by atoms with E-state index in [1.165, 1.54) is 0 Å². The summed E-state index contributed by atoms with van der Waals surface area (Å²) >= 11 is 17.4. The number of carboxylic acid groups (broad SMARTS) is 1. The van der Waals surface area contributed by atoms with Gasteiger partial charge in [-0.2, -0.15) is 18.3 Å². The van der Waals surface area contributed by atoms with Gasteiger partial charge in [0.1, 0.15) is 10.8 Å². The molecular formula is C11H4Cl3F3N2O2. The highest BCUT2D eigenvalue weighted by atomic mass is 35.5. The van der Waals surface area contributed by atoms with Gasteiger partial charge in [0.2, 0.25) is 0 Å². The summed E-state index contributed by atoms with van der Waals surface area (Å²) in [6, 6.07) is 2.33. The molecule has 1 aromatic heterocycles. The number of carboxylic acids is 1. The number of hydrogen-bond acceptors (Lipinski definition) is 2. The van der Waals surface area contributed by atoms with E-state index in [1.807, 2.05) is 0 Å². The molecule has 2 aromatic rings. The highest BCUT2D eigenvalue weighted by Crippen LogP contribution is 2.38. The molecule has 0 saturated carbocycles. The summed E-state index contributed by atoms with van der Waals surface area (Å²) in [6.45, 7) is 0. The molecule has 10 heteroatoms. The van der Waals surface area contributed by atoms with Crippen LogP contribution in [0.25, 0.3) is 5.69 Å². The quantitative estimate of drug-likeness (QED) is 0.856. The average molecular weight is 360 g/mol. The van der Waals surface area contributed by atoms with E-state index in [4.69, 9.17) is 39.9 Å². The monoisotopic (exact) mass is 358 g/mol. The first-order chi connectivity index (χ1) is 9.61. The van der Waals surface area contributed by atoms with Crippen molar-refractivity contribution in [2.24, 2.45) is 0 Å². The van der Waals surface area contributed by atoms with Crippen molar-refractivity contribution in [3.8, 4) is 5.69 Å². The van der Waals surface area contributed by atoms with Crippen LogP contribution in [0.3, 0.4) is 0 Å². The van der Waals surface area contributed by atoms with E-state index in [1.54, 1.807) is 0 Å². The Balaban J connectivity index is 2.63. The van der Waals surface area contributed by atoms with E-state index in [0.29, 0.717) is 12.1 Å². The van der Waals surface area contributed by atoms with Crippen molar-refractivity contribution in [2.75, 3.05) is 0 Å². The maximum absolute atomic E-state index is 12.6. The van der Waals surface area contributed by atoms with E-state index in [9.17, 15) is 18.0 Å². The zero-order chi connectivity index (χ0) is 15.9. The fourth-order valence-corrected chi connectivity index (χ4v) is 2.42. The summed E-state index contributed by atoms with van der Waals surface area (Å²) < 4.78 is 38.7. The van der Waals surface area contributed by atoms with E-state index >= 15 is 0 Å². The molecule has 0 bridgehead atoms. The Morgan fingerprint density at radius 3 is 2.05 bits per heavy atom. The van der Waals surface area contributed by atoms with Gasteiger partial charge >= 0.3 is 12.1 Å². The lowest BCUT2D eigenvalue weighted by Crippen LogP contribution is -2.08. The number of aromatic carboxylic acids is 1. The minimum atomic E-state index is -4.62. The van der Waals surface area contributed by atoms with Crippen LogP contribution in [-0.2, 0) is 6.18 Å². The number of alkyl halides is 3. The number of aromatic nitrogens is 2. The number of halogens is 6. The van der Waals surface area contributed by atoms with Crippen molar-refractivity contribution in [3.05, 3.63) is 44.7 Å². The largest absolute Gasteiger partial charge is 0.476 e. The topological polar surface area (TPSA) is 55.1 Å². The second kappa shape index (κ2) is 5.40. The third-order valence-corrected chi connectivity index (χ3v) is 3.29. The first-order valence-electron chi connectivity index (χ1n) is 5.16. The molecule has 112 valence electrons. The zero-order valence-electron chi connectivity index (χ0n) is 9.75. The third-order valence-electron chi connectivity index (χ3n) is 2.44. The minimum Gasteiger partial charge on any atom is -0.476 e. The standard InChI is InChI=1S/C11H4Cl3F3N2O2/c12-5-1-4(11(15,16)17)2-6(13)9(5)19-8(14)3-7(18-19)10(20)21/h1-3H,(H,20,21). The van der Waals surface area contributed by atoms with Crippen LogP contribution in [-0.4, -0.2) is 20.9 Å². The molecule has 0 unspecified atom stereocenters. The molecule has 21 heavy (non-hydrogen) atoms. The van der Waals surface area contributed by atoms with Gasteiger partial charge in [-0.15, -0.1) is 0 Å². The van der Waals surface area contributed by atoms with Gasteiger partial charge in [0.05, 0.1) is 15.6 Å². The second-order valence-electron chi connectivity index (χ2n) is 3.86. The van der Waals surface area contributed by atoms with Crippen LogP contribution in [0, 0.1) is 0 Å². The lowest BCUT2D eigenvalue weighted by molar-refractivity contribution is -0.137. The Morgan fingerprint density at radius 1 is 1.14 bits per heavy atom. The van der Waals surface area contributed by atoms with E-state index in [-0.39, 0.29) is 20.9 Å². The lowest BCUT2D eigenvalue weighted by Gasteiger charge is -2.12. The molecule has 1 aromatic carbocycles. The summed E-state index contributed by atoms with van der Waals surface area (Å²) in [7, 11) is 0. The smallest absolute Gasteiger partial charge is 0.416 e. The second-order valence-corrected chi connectivity index (χ2v) is 5.06. The van der Waals surface area contributed by atoms with Crippen molar-refractivity contribution in [3.63, 3.8) is 0 Å². The van der Waals surface area contributed by atoms with Crippen LogP contribution in [0.15, 0.2) is 18.2 Å². The summed E-state index contributed by atoms with van der Waals surface area (Å²) in [5.41, 5.74) is -1.57. The van der Waals surface area contributed by atoms with Crippen LogP contribution in [0.1, 0.15) is 16.1 Å². The molecule has 0 aliphatic carbocycles. The van der Waals surface area contributed by atoms with Crippen LogP contribution in [0.2, 0.25) is 15.2 Å². The molecule has 0 radical (unpaired) electrons. The lowest BCUT2D eigenvalue weighted by atomic mass is 10.2. The van der Waals surface area contributed by atoms with Crippen molar-refractivity contribution in [1.29, 1.82) is 0 Å². The van der Waals surface area contributed by atoms with Gasteiger partial charge in [-0.1, -0.05) is 34.8 Å². The maximum atomic E-state index is 12.6. The Kier molecular flexibility index (Phi) is 4.10. The molecule has 1 heterocycles. The van der Waals surface area contributed by atoms with E-state index in [2.05, 4.69) is 5.10 Å². The minimum absolute atomic E-state index is 0.135. The Bertz CT molecular complexity index is 705. The molecule has 0 aliphatic rings. The Hall–Kier alpha value is -1.44. The fraction of sp³-hybridized carbons (Fsp3) is 0.0909. The summed E-state index contributed by atoms with van der Waals surface area (Å²) in [4.78, 5) is 10.8. The molecule has 0 spiro atoms. The van der Waals surface area contributed by atoms with Gasteiger partial charge in [0.15, 0.2) is 5.69 Å². The number of carbonyl (C=O) groups is 1. The number of hydrogen-bond donors (Lipinski definition) is 1. The van der Waals surface area contributed by atoms with Crippen LogP contribution in [0.5, 0.6) is 0 Å². The molecular weight excluding hydrogens is 355 g/mol. The molecule has 0 saturated heterocycles. The van der Waals surface area contributed by atoms with Gasteiger partial charge in [0.25, 0.3) is 0 Å². The predicted molar refractivity (Wildman–Crippen MR) is 70.6 cm³/mol. The third kappa shape index (κ3) is 3.09. The average Bonchev–Trinajstić information content (AvgIpc) is 2.69. The molecule has 0 fully saturated rings. The van der Waals surface area contributed by atoms with Gasteiger partial charge in [-0.3, -0.25) is 0 Å². The SMILES string of the molecule is O=C(O)c1cc(Cl)n(-c2c(Cl)cc(C(F)(F)F)cc2Cl)n1. The summed E-state index contributed by atoms with van der Waals surface area (Å²) in [5.74, 6) is -1.35. The normalized spacial score (nSPS) is 11.7. The van der Waals surface area contributed by atoms with E-state index in [0.717, 1.165) is 10.7 Å². The Labute approximate surface area is 130 Å². The molecule has 1 N–H and O–H groups in total. The van der Waals surface area contributed by atoms with Gasteiger partial charge in [-0.25, -0.2) is 9.48 Å². The maximum Gasteiger partial charge on any atom is 0.416 e. The molecule has 2 rings (SSSR count). The number of nitrogens with zero attached hydrogens (tertiary/aromatic N) is 2. The number of benzene rings is 1. The van der Waals surface area contributed by atoms with E-state index < -0.39 is 23.4 Å². The number of rotatable bonds is 2. The van der Waals surface area contributed by atoms with Crippen LogP contribution in [0.4, 0.5) is 13.2 Å². The Morgan fingerprint density at radius 2 is 1.67 bits per heavy atom. The van der Waals surface area contributed by atoms with Crippen molar-refractivity contribution in [1.82, 2.24) is 9.78 Å². The summed E-state index contributed by atoms with van der Waals surface area (Å²) in [5, 5.41) is 11.6. The summed E-state index contributed by atoms with van der Waals surface area (Å²) in [6.07, 6.45) is -4.62. The van der Waals surface area contributed by atoms with Crippen molar-refractivity contribution < 1.29 is 23.1 Å². The molecule has 4 nitrogen and oxygen atoms in total. The molecule has 0 amide bonds. The van der Waals surface area contributed by atoms with Crippen molar-refractivity contribution in [2.45, 2.75) is 6.18 Å². The van der Waals surface area contributed by atoms with Crippen LogP contribution < -0.4 is 0 Å². The highest BCUT2D eigenvalue weighted by Gasteiger charge is 2.32. The first kappa shape index (κ1) is 15.9. The van der Waals surface area contributed by atoms with Crippen molar-refractivity contribution >= 4 is 40.8 Å². The van der Waals surface area contributed by atoms with Gasteiger partial charge in [-0.05, 0) is 12.1 Å². The fourth-order valence-electron chi connectivity index (χ4n) is 1.55. The first-order valence-corrected chi connectivity index (χ1v) is 6.30. The van der Waals surface area contributed by atoms with Gasteiger partial charge < -0.3 is 5.11 Å². The predicted octanol–water partition coefficient (Wildman–Crippen LogP) is 4.55. The molecule has 0 aliphatic heterocycles. The van der Waals surface area contributed by atoms with Gasteiger partial charge in [0, 0.05) is 6.07 Å². The zero-order valence-corrected chi connectivity index (χ0v) is 12.0. The van der Waals surface area contributed by atoms with Crippen LogP contribution >= 0.6 is 34.8 Å².